The van der Waals surface area contributed by atoms with Crippen LogP contribution in [0.3, 0.4) is 0 Å². The summed E-state index contributed by atoms with van der Waals surface area (Å²) in [4.78, 5) is 11.2. The van der Waals surface area contributed by atoms with Gasteiger partial charge in [0.25, 0.3) is 0 Å². The number of hydrogen-bond acceptors (Lipinski definition) is 3. The van der Waals surface area contributed by atoms with Crippen LogP contribution in [0.1, 0.15) is 42.7 Å². The van der Waals surface area contributed by atoms with Crippen LogP contribution in [0, 0.1) is 0 Å². The van der Waals surface area contributed by atoms with Gasteiger partial charge in [-0.1, -0.05) is 12.1 Å². The zero-order chi connectivity index (χ0) is 13.8. The number of rotatable bonds is 4. The summed E-state index contributed by atoms with van der Waals surface area (Å²) in [5.74, 6) is 2.28. The molecule has 1 aliphatic heterocycles. The van der Waals surface area contributed by atoms with Gasteiger partial charge in [0.05, 0.1) is 13.0 Å². The number of carbonyl (C=O) groups is 1. The van der Waals surface area contributed by atoms with Crippen molar-refractivity contribution in [2.75, 3.05) is 18.6 Å². The van der Waals surface area contributed by atoms with Gasteiger partial charge in [0.15, 0.2) is 0 Å². The Morgan fingerprint density at radius 2 is 2.11 bits per heavy atom. The highest BCUT2D eigenvalue weighted by atomic mass is 32.2. The Balaban J connectivity index is 2.31. The van der Waals surface area contributed by atoms with Crippen LogP contribution >= 0.6 is 11.8 Å². The molecule has 1 N–H and O–H groups in total. The summed E-state index contributed by atoms with van der Waals surface area (Å²) in [6, 6.07) is 6.02. The van der Waals surface area contributed by atoms with E-state index in [4.69, 9.17) is 4.74 Å². The zero-order valence-electron chi connectivity index (χ0n) is 11.4. The van der Waals surface area contributed by atoms with Crippen LogP contribution in [-0.4, -0.2) is 29.7 Å². The van der Waals surface area contributed by atoms with Crippen molar-refractivity contribution in [2.24, 2.45) is 0 Å². The monoisotopic (exact) mass is 280 g/mol. The summed E-state index contributed by atoms with van der Waals surface area (Å²) >= 11 is 2.00. The minimum absolute atomic E-state index is 0.534. The Morgan fingerprint density at radius 1 is 1.42 bits per heavy atom. The van der Waals surface area contributed by atoms with Crippen molar-refractivity contribution >= 4 is 17.7 Å². The second kappa shape index (κ2) is 6.33. The van der Waals surface area contributed by atoms with Gasteiger partial charge in [-0.05, 0) is 48.8 Å². The highest BCUT2D eigenvalue weighted by molar-refractivity contribution is 7.99. The lowest BCUT2D eigenvalue weighted by atomic mass is 9.89. The van der Waals surface area contributed by atoms with Gasteiger partial charge in [0, 0.05) is 5.56 Å². The maximum atomic E-state index is 11.2. The fraction of sp³-hybridized carbons (Fsp3) is 0.533. The summed E-state index contributed by atoms with van der Waals surface area (Å²) in [6.45, 7) is 1.71. The first kappa shape index (κ1) is 14.3. The number of methoxy groups -OCH3 is 1. The molecule has 0 aromatic heterocycles. The molecule has 0 spiro atoms. The van der Waals surface area contributed by atoms with E-state index in [9.17, 15) is 9.90 Å². The predicted octanol–water partition coefficient (Wildman–Crippen LogP) is 3.49. The molecule has 1 aromatic rings. The van der Waals surface area contributed by atoms with Crippen LogP contribution in [0.2, 0.25) is 0 Å². The van der Waals surface area contributed by atoms with E-state index in [0.717, 1.165) is 5.56 Å². The van der Waals surface area contributed by atoms with Gasteiger partial charge in [-0.25, -0.2) is 0 Å². The SMILES string of the molecule is COc1ccc(C2CCSCC2)cc1C(C)C(=O)O. The molecule has 0 saturated carbocycles. The van der Waals surface area contributed by atoms with E-state index in [-0.39, 0.29) is 0 Å². The fourth-order valence-corrected chi connectivity index (χ4v) is 3.62. The third-order valence-corrected chi connectivity index (χ3v) is 4.83. The highest BCUT2D eigenvalue weighted by Crippen LogP contribution is 2.35. The van der Waals surface area contributed by atoms with Gasteiger partial charge in [-0.3, -0.25) is 4.79 Å². The first-order valence-corrected chi connectivity index (χ1v) is 7.77. The van der Waals surface area contributed by atoms with Crippen molar-refractivity contribution in [1.29, 1.82) is 0 Å². The van der Waals surface area contributed by atoms with E-state index in [1.807, 2.05) is 23.9 Å². The maximum absolute atomic E-state index is 11.2. The number of thioether (sulfide) groups is 1. The van der Waals surface area contributed by atoms with Crippen molar-refractivity contribution in [2.45, 2.75) is 31.6 Å². The molecular formula is C15H20O3S. The molecule has 1 aliphatic rings. The molecule has 1 atom stereocenters. The van der Waals surface area contributed by atoms with E-state index >= 15 is 0 Å². The second-order valence-electron chi connectivity index (χ2n) is 4.95. The molecule has 3 nitrogen and oxygen atoms in total. The molecule has 104 valence electrons. The summed E-state index contributed by atoms with van der Waals surface area (Å²) in [6.07, 6.45) is 2.36. The molecule has 1 aromatic carbocycles. The molecule has 1 unspecified atom stereocenters. The van der Waals surface area contributed by atoms with Crippen molar-refractivity contribution in [3.63, 3.8) is 0 Å². The average Bonchev–Trinajstić information content (AvgIpc) is 2.46. The molecule has 4 heteroatoms. The molecule has 2 rings (SSSR count). The number of carboxylic acid groups (broad SMARTS) is 1. The maximum Gasteiger partial charge on any atom is 0.310 e. The van der Waals surface area contributed by atoms with Crippen molar-refractivity contribution in [3.8, 4) is 5.75 Å². The van der Waals surface area contributed by atoms with Crippen molar-refractivity contribution in [1.82, 2.24) is 0 Å². The third kappa shape index (κ3) is 3.24. The van der Waals surface area contributed by atoms with E-state index in [2.05, 4.69) is 6.07 Å². The molecule has 1 heterocycles. The Labute approximate surface area is 118 Å². The van der Waals surface area contributed by atoms with E-state index in [1.54, 1.807) is 14.0 Å². The Bertz CT molecular complexity index is 453. The summed E-state index contributed by atoms with van der Waals surface area (Å²) in [5, 5.41) is 9.20. The molecule has 0 radical (unpaired) electrons. The van der Waals surface area contributed by atoms with Gasteiger partial charge >= 0.3 is 5.97 Å². The van der Waals surface area contributed by atoms with Gasteiger partial charge in [-0.15, -0.1) is 0 Å². The molecular weight excluding hydrogens is 260 g/mol. The lowest BCUT2D eigenvalue weighted by Gasteiger charge is -2.23. The number of ether oxygens (including phenoxy) is 1. The Morgan fingerprint density at radius 3 is 2.68 bits per heavy atom. The number of benzene rings is 1. The topological polar surface area (TPSA) is 46.5 Å². The average molecular weight is 280 g/mol. The predicted molar refractivity (Wildman–Crippen MR) is 78.3 cm³/mol. The molecule has 0 aliphatic carbocycles. The molecule has 1 fully saturated rings. The molecule has 0 amide bonds. The minimum Gasteiger partial charge on any atom is -0.496 e. The van der Waals surface area contributed by atoms with Gasteiger partial charge in [0.1, 0.15) is 5.75 Å². The van der Waals surface area contributed by atoms with Crippen LogP contribution in [0.15, 0.2) is 18.2 Å². The molecule has 0 bridgehead atoms. The first-order chi connectivity index (χ1) is 9.13. The third-order valence-electron chi connectivity index (χ3n) is 3.78. The normalized spacial score (nSPS) is 18.0. The smallest absolute Gasteiger partial charge is 0.310 e. The van der Waals surface area contributed by atoms with Crippen LogP contribution in [0.4, 0.5) is 0 Å². The number of carboxylic acids is 1. The van der Waals surface area contributed by atoms with E-state index in [0.29, 0.717) is 11.7 Å². The summed E-state index contributed by atoms with van der Waals surface area (Å²) in [7, 11) is 1.59. The lowest BCUT2D eigenvalue weighted by Crippen LogP contribution is -2.12. The molecule has 19 heavy (non-hydrogen) atoms. The fourth-order valence-electron chi connectivity index (χ4n) is 2.51. The van der Waals surface area contributed by atoms with Crippen LogP contribution in [0.25, 0.3) is 0 Å². The van der Waals surface area contributed by atoms with Crippen LogP contribution in [0.5, 0.6) is 5.75 Å². The van der Waals surface area contributed by atoms with Gasteiger partial charge in [-0.2, -0.15) is 11.8 Å². The highest BCUT2D eigenvalue weighted by Gasteiger charge is 2.22. The van der Waals surface area contributed by atoms with E-state index in [1.165, 1.54) is 29.9 Å². The lowest BCUT2D eigenvalue weighted by molar-refractivity contribution is -0.138. The van der Waals surface area contributed by atoms with Crippen molar-refractivity contribution in [3.05, 3.63) is 29.3 Å². The summed E-state index contributed by atoms with van der Waals surface area (Å²) in [5.41, 5.74) is 2.04. The largest absolute Gasteiger partial charge is 0.496 e. The van der Waals surface area contributed by atoms with Crippen LogP contribution in [-0.2, 0) is 4.79 Å². The quantitative estimate of drug-likeness (QED) is 0.917. The minimum atomic E-state index is -0.811. The van der Waals surface area contributed by atoms with E-state index < -0.39 is 11.9 Å². The zero-order valence-corrected chi connectivity index (χ0v) is 12.2. The summed E-state index contributed by atoms with van der Waals surface area (Å²) < 4.78 is 5.29. The Kier molecular flexibility index (Phi) is 4.75. The van der Waals surface area contributed by atoms with Gasteiger partial charge in [0.2, 0.25) is 0 Å². The molecule has 1 saturated heterocycles. The van der Waals surface area contributed by atoms with Crippen molar-refractivity contribution < 1.29 is 14.6 Å². The number of aliphatic carboxylic acids is 1. The number of hydrogen-bond donors (Lipinski definition) is 1. The standard InChI is InChI=1S/C15H20O3S/c1-10(15(16)17)13-9-12(3-4-14(13)18-2)11-5-7-19-8-6-11/h3-4,9-11H,5-8H2,1-2H3,(H,16,17). The second-order valence-corrected chi connectivity index (χ2v) is 6.17. The van der Waals surface area contributed by atoms with Crippen LogP contribution < -0.4 is 4.74 Å². The van der Waals surface area contributed by atoms with Gasteiger partial charge < -0.3 is 9.84 Å². The first-order valence-electron chi connectivity index (χ1n) is 6.62. The Hall–Kier alpha value is -1.16.